The van der Waals surface area contributed by atoms with Crippen LogP contribution in [0.3, 0.4) is 0 Å². The van der Waals surface area contributed by atoms with Crippen LogP contribution in [0.5, 0.6) is 11.5 Å². The summed E-state index contributed by atoms with van der Waals surface area (Å²) >= 11 is 5.97. The second kappa shape index (κ2) is 9.36. The van der Waals surface area contributed by atoms with Gasteiger partial charge in [0, 0.05) is 37.8 Å². The zero-order valence-corrected chi connectivity index (χ0v) is 16.9. The summed E-state index contributed by atoms with van der Waals surface area (Å²) in [5.74, 6) is 0.763. The number of ether oxygens (including phenoxy) is 2. The van der Waals surface area contributed by atoms with E-state index in [1.54, 1.807) is 31.4 Å². The molecule has 6 nitrogen and oxygen atoms in total. The molecule has 0 radical (unpaired) electrons. The van der Waals surface area contributed by atoms with Gasteiger partial charge in [-0.25, -0.2) is 4.39 Å². The third-order valence-corrected chi connectivity index (χ3v) is 6.21. The number of methoxy groups -OCH3 is 1. The van der Waals surface area contributed by atoms with Gasteiger partial charge in [0.1, 0.15) is 23.9 Å². The standard InChI is InChI=1S/C18H22ClFN2O4S/c1-21(11-12-26-15-9-7-14(25-3)8-10-15)27(23,24)22(2)13-16-17(19)5-4-6-18(16)20/h4-10H,11-13H2,1-3H3. The van der Waals surface area contributed by atoms with Gasteiger partial charge in [0.25, 0.3) is 10.2 Å². The first-order valence-corrected chi connectivity index (χ1v) is 9.90. The Morgan fingerprint density at radius 3 is 2.26 bits per heavy atom. The fourth-order valence-electron chi connectivity index (χ4n) is 2.30. The molecule has 0 saturated carbocycles. The highest BCUT2D eigenvalue weighted by molar-refractivity contribution is 7.86. The van der Waals surface area contributed by atoms with Crippen molar-refractivity contribution in [3.8, 4) is 11.5 Å². The van der Waals surface area contributed by atoms with Crippen molar-refractivity contribution < 1.29 is 22.3 Å². The third-order valence-electron chi connectivity index (χ3n) is 3.96. The Labute approximate surface area is 164 Å². The van der Waals surface area contributed by atoms with E-state index in [9.17, 15) is 12.8 Å². The number of rotatable bonds is 9. The fourth-order valence-corrected chi connectivity index (χ4v) is 3.60. The lowest BCUT2D eigenvalue weighted by atomic mass is 10.2. The first-order valence-electron chi connectivity index (χ1n) is 8.13. The van der Waals surface area contributed by atoms with Crippen LogP contribution >= 0.6 is 11.6 Å². The zero-order chi connectivity index (χ0) is 20.0. The Morgan fingerprint density at radius 2 is 1.67 bits per heavy atom. The van der Waals surface area contributed by atoms with E-state index in [0.29, 0.717) is 11.5 Å². The molecule has 148 valence electrons. The Morgan fingerprint density at radius 1 is 1.04 bits per heavy atom. The lowest BCUT2D eigenvalue weighted by molar-refractivity contribution is 0.278. The molecule has 0 bridgehead atoms. The van der Waals surface area contributed by atoms with Gasteiger partial charge in [0.15, 0.2) is 0 Å². The molecule has 2 aromatic rings. The van der Waals surface area contributed by atoms with Crippen LogP contribution < -0.4 is 9.47 Å². The maximum absolute atomic E-state index is 13.9. The van der Waals surface area contributed by atoms with Crippen LogP contribution in [-0.2, 0) is 16.8 Å². The zero-order valence-electron chi connectivity index (χ0n) is 15.4. The minimum atomic E-state index is -3.79. The molecule has 27 heavy (non-hydrogen) atoms. The maximum atomic E-state index is 13.9. The molecule has 0 unspecified atom stereocenters. The molecule has 0 fully saturated rings. The normalized spacial score (nSPS) is 11.8. The molecule has 9 heteroatoms. The Bertz CT molecular complexity index is 842. The summed E-state index contributed by atoms with van der Waals surface area (Å²) in [6.07, 6.45) is 0. The Kier molecular flexibility index (Phi) is 7.43. The summed E-state index contributed by atoms with van der Waals surface area (Å²) in [6.45, 7) is 0.123. The van der Waals surface area contributed by atoms with Crippen molar-refractivity contribution in [3.05, 3.63) is 58.9 Å². The summed E-state index contributed by atoms with van der Waals surface area (Å²) in [4.78, 5) is 0. The van der Waals surface area contributed by atoms with E-state index in [1.807, 2.05) is 0 Å². The second-order valence-corrected chi connectivity index (χ2v) is 8.36. The molecular formula is C18H22ClFN2O4S. The van der Waals surface area contributed by atoms with Crippen molar-refractivity contribution in [2.24, 2.45) is 0 Å². The van der Waals surface area contributed by atoms with Crippen LogP contribution in [0.2, 0.25) is 5.02 Å². The van der Waals surface area contributed by atoms with Crippen LogP contribution in [-0.4, -0.2) is 51.4 Å². The topological polar surface area (TPSA) is 59.1 Å². The molecule has 0 atom stereocenters. The van der Waals surface area contributed by atoms with Crippen molar-refractivity contribution in [2.45, 2.75) is 6.54 Å². The van der Waals surface area contributed by atoms with Crippen LogP contribution in [0.15, 0.2) is 42.5 Å². The smallest absolute Gasteiger partial charge is 0.281 e. The average molecular weight is 417 g/mol. The van der Waals surface area contributed by atoms with E-state index < -0.39 is 16.0 Å². The molecule has 0 aliphatic rings. The van der Waals surface area contributed by atoms with Gasteiger partial charge in [-0.15, -0.1) is 0 Å². The molecule has 0 saturated heterocycles. The van der Waals surface area contributed by atoms with Gasteiger partial charge < -0.3 is 9.47 Å². The monoisotopic (exact) mass is 416 g/mol. The minimum Gasteiger partial charge on any atom is -0.497 e. The molecule has 0 aromatic heterocycles. The molecule has 2 rings (SSSR count). The molecule has 0 amide bonds. The number of hydrogen-bond donors (Lipinski definition) is 0. The maximum Gasteiger partial charge on any atom is 0.281 e. The van der Waals surface area contributed by atoms with Crippen LogP contribution in [0, 0.1) is 5.82 Å². The summed E-state index contributed by atoms with van der Waals surface area (Å²) in [7, 11) is 0.586. The highest BCUT2D eigenvalue weighted by Crippen LogP contribution is 2.22. The van der Waals surface area contributed by atoms with Gasteiger partial charge in [-0.05, 0) is 36.4 Å². The van der Waals surface area contributed by atoms with E-state index in [0.717, 1.165) is 8.61 Å². The van der Waals surface area contributed by atoms with Crippen molar-refractivity contribution in [1.29, 1.82) is 0 Å². The molecule has 0 aliphatic carbocycles. The molecule has 0 heterocycles. The van der Waals surface area contributed by atoms with Crippen LogP contribution in [0.1, 0.15) is 5.56 Å². The predicted molar refractivity (Wildman–Crippen MR) is 103 cm³/mol. The van der Waals surface area contributed by atoms with Gasteiger partial charge in [-0.2, -0.15) is 17.0 Å². The molecule has 0 aliphatic heterocycles. The SMILES string of the molecule is COc1ccc(OCCN(C)S(=O)(=O)N(C)Cc2c(F)cccc2Cl)cc1. The lowest BCUT2D eigenvalue weighted by Crippen LogP contribution is -2.41. The van der Waals surface area contributed by atoms with Gasteiger partial charge in [-0.1, -0.05) is 17.7 Å². The molecule has 0 spiro atoms. The van der Waals surface area contributed by atoms with Crippen LogP contribution in [0.25, 0.3) is 0 Å². The van der Waals surface area contributed by atoms with E-state index >= 15 is 0 Å². The summed E-state index contributed by atoms with van der Waals surface area (Å²) in [5.41, 5.74) is 0.133. The highest BCUT2D eigenvalue weighted by atomic mass is 35.5. The van der Waals surface area contributed by atoms with Crippen molar-refractivity contribution in [1.82, 2.24) is 8.61 Å². The average Bonchev–Trinajstić information content (AvgIpc) is 2.65. The van der Waals surface area contributed by atoms with E-state index in [4.69, 9.17) is 21.1 Å². The molecule has 0 N–H and O–H groups in total. The highest BCUT2D eigenvalue weighted by Gasteiger charge is 2.25. The quantitative estimate of drug-likeness (QED) is 0.630. The van der Waals surface area contributed by atoms with Gasteiger partial charge in [0.05, 0.1) is 7.11 Å². The molecule has 2 aromatic carbocycles. The van der Waals surface area contributed by atoms with Crippen LogP contribution in [0.4, 0.5) is 4.39 Å². The second-order valence-electron chi connectivity index (χ2n) is 5.81. The van der Waals surface area contributed by atoms with Gasteiger partial charge in [-0.3, -0.25) is 0 Å². The number of halogens is 2. The van der Waals surface area contributed by atoms with Gasteiger partial charge >= 0.3 is 0 Å². The van der Waals surface area contributed by atoms with Crippen molar-refractivity contribution in [3.63, 3.8) is 0 Å². The molecular weight excluding hydrogens is 395 g/mol. The third kappa shape index (κ3) is 5.55. The summed E-state index contributed by atoms with van der Waals surface area (Å²) in [5, 5.41) is 0.183. The minimum absolute atomic E-state index is 0.129. The Balaban J connectivity index is 1.94. The van der Waals surface area contributed by atoms with Crippen molar-refractivity contribution in [2.75, 3.05) is 34.4 Å². The fraction of sp³-hybridized carbons (Fsp3) is 0.333. The first-order chi connectivity index (χ1) is 12.8. The predicted octanol–water partition coefficient (Wildman–Crippen LogP) is 3.18. The van der Waals surface area contributed by atoms with E-state index in [-0.39, 0.29) is 30.3 Å². The summed E-state index contributed by atoms with van der Waals surface area (Å²) < 4.78 is 51.9. The number of hydrogen-bond acceptors (Lipinski definition) is 4. The largest absolute Gasteiger partial charge is 0.497 e. The first kappa shape index (κ1) is 21.4. The number of nitrogens with zero attached hydrogens (tertiary/aromatic N) is 2. The lowest BCUT2D eigenvalue weighted by Gasteiger charge is -2.25. The summed E-state index contributed by atoms with van der Waals surface area (Å²) in [6, 6.07) is 11.2. The van der Waals surface area contributed by atoms with Gasteiger partial charge in [0.2, 0.25) is 0 Å². The number of benzene rings is 2. The van der Waals surface area contributed by atoms with Crippen molar-refractivity contribution >= 4 is 21.8 Å². The van der Waals surface area contributed by atoms with E-state index in [2.05, 4.69) is 0 Å². The van der Waals surface area contributed by atoms with E-state index in [1.165, 1.54) is 32.3 Å². The Hall–Kier alpha value is -1.87. The number of likely N-dealkylation sites (N-methyl/N-ethyl adjacent to an activating group) is 1.